The van der Waals surface area contributed by atoms with E-state index in [0.29, 0.717) is 17.9 Å². The molecule has 2 aliphatic heterocycles. The first-order chi connectivity index (χ1) is 20.0. The van der Waals surface area contributed by atoms with Crippen molar-refractivity contribution >= 4 is 29.3 Å². The molecule has 4 aromatic rings. The number of hydrogen-bond donors (Lipinski definition) is 2. The molecule has 41 heavy (non-hydrogen) atoms. The van der Waals surface area contributed by atoms with Crippen LogP contribution in [0.5, 0.6) is 0 Å². The smallest absolute Gasteiger partial charge is 0.254 e. The Morgan fingerprint density at radius 1 is 1.05 bits per heavy atom. The van der Waals surface area contributed by atoms with Gasteiger partial charge in [-0.15, -0.1) is 0 Å². The predicted molar refractivity (Wildman–Crippen MR) is 166 cm³/mol. The number of carbonyl (C=O) groups excluding carboxylic acids is 1. The minimum absolute atomic E-state index is 0.0936. The Labute approximate surface area is 240 Å². The molecule has 2 aromatic carbocycles. The van der Waals surface area contributed by atoms with Gasteiger partial charge in [0.1, 0.15) is 11.5 Å². The Morgan fingerprint density at radius 2 is 1.85 bits per heavy atom. The van der Waals surface area contributed by atoms with E-state index in [-0.39, 0.29) is 5.91 Å². The monoisotopic (exact) mass is 545 g/mol. The van der Waals surface area contributed by atoms with E-state index in [9.17, 15) is 4.79 Å². The van der Waals surface area contributed by atoms with Crippen molar-refractivity contribution in [2.45, 2.75) is 20.0 Å². The SMILES string of the molecule is C=N/C(=C\C=C(/C)N1CCN(C)CC1)Nc1ccc(-c2ccnc3c2ccn3Cc2ccccc2)c2c1C(=O)NC2. The maximum absolute atomic E-state index is 13.1. The molecule has 0 unspecified atom stereocenters. The zero-order chi connectivity index (χ0) is 28.3. The quantitative estimate of drug-likeness (QED) is 0.238. The molecule has 6 rings (SSSR count). The normalized spacial score (nSPS) is 16.1. The van der Waals surface area contributed by atoms with Gasteiger partial charge >= 0.3 is 0 Å². The standard InChI is InChI=1S/C33H35N7O/c1-23(39-19-17-38(3)18-20-39)9-12-30(34-2)37-29-11-10-25(28-21-36-33(41)31(28)29)26-13-15-35-32-27(26)14-16-40(32)22-24-7-5-4-6-8-24/h4-16,37H,2,17-22H2,1,3H3,(H,36,41)/b23-9+,30-12+. The van der Waals surface area contributed by atoms with Crippen molar-refractivity contribution in [3.63, 3.8) is 0 Å². The Kier molecular flexibility index (Phi) is 7.39. The first-order valence-electron chi connectivity index (χ1n) is 14.0. The average Bonchev–Trinajstić information content (AvgIpc) is 3.60. The summed E-state index contributed by atoms with van der Waals surface area (Å²) in [5.74, 6) is 0.501. The number of piperazine rings is 1. The number of nitrogens with one attached hydrogen (secondary N) is 2. The number of pyridine rings is 1. The zero-order valence-electron chi connectivity index (χ0n) is 23.6. The molecule has 0 spiro atoms. The van der Waals surface area contributed by atoms with Crippen LogP contribution in [0.3, 0.4) is 0 Å². The van der Waals surface area contributed by atoms with Crippen molar-refractivity contribution in [1.82, 2.24) is 24.7 Å². The number of carbonyl (C=O) groups is 1. The van der Waals surface area contributed by atoms with E-state index in [4.69, 9.17) is 4.98 Å². The van der Waals surface area contributed by atoms with E-state index in [1.807, 2.05) is 30.5 Å². The second kappa shape index (κ2) is 11.4. The molecule has 2 N–H and O–H groups in total. The number of aliphatic imine (C=N–C) groups is 1. The first-order valence-corrected chi connectivity index (χ1v) is 14.0. The molecule has 0 radical (unpaired) electrons. The lowest BCUT2D eigenvalue weighted by atomic mass is 9.94. The lowest BCUT2D eigenvalue weighted by Crippen LogP contribution is -2.43. The highest BCUT2D eigenvalue weighted by atomic mass is 16.1. The van der Waals surface area contributed by atoms with Crippen molar-refractivity contribution in [2.24, 2.45) is 4.99 Å². The molecule has 0 aliphatic carbocycles. The topological polar surface area (TPSA) is 77.8 Å². The van der Waals surface area contributed by atoms with Crippen molar-refractivity contribution < 1.29 is 4.79 Å². The molecule has 8 nitrogen and oxygen atoms in total. The third-order valence-corrected chi connectivity index (χ3v) is 8.03. The van der Waals surface area contributed by atoms with Gasteiger partial charge in [-0.2, -0.15) is 0 Å². The van der Waals surface area contributed by atoms with Gasteiger partial charge in [0.15, 0.2) is 0 Å². The maximum Gasteiger partial charge on any atom is 0.254 e. The number of hydrogen-bond acceptors (Lipinski definition) is 6. The fraction of sp³-hybridized carbons (Fsp3) is 0.242. The summed E-state index contributed by atoms with van der Waals surface area (Å²) in [6.07, 6.45) is 7.91. The minimum Gasteiger partial charge on any atom is -0.372 e. The van der Waals surface area contributed by atoms with Gasteiger partial charge in [-0.25, -0.2) is 9.98 Å². The highest BCUT2D eigenvalue weighted by molar-refractivity contribution is 6.07. The van der Waals surface area contributed by atoms with Crippen LogP contribution in [0.4, 0.5) is 5.69 Å². The summed E-state index contributed by atoms with van der Waals surface area (Å²) in [6, 6.07) is 18.6. The molecule has 1 saturated heterocycles. The minimum atomic E-state index is -0.0936. The van der Waals surface area contributed by atoms with Crippen LogP contribution in [0.15, 0.2) is 95.7 Å². The van der Waals surface area contributed by atoms with Crippen molar-refractivity contribution in [2.75, 3.05) is 38.5 Å². The summed E-state index contributed by atoms with van der Waals surface area (Å²) >= 11 is 0. The number of nitrogens with zero attached hydrogens (tertiary/aromatic N) is 5. The van der Waals surface area contributed by atoms with Crippen LogP contribution in [-0.2, 0) is 13.1 Å². The van der Waals surface area contributed by atoms with Gasteiger partial charge in [0.2, 0.25) is 0 Å². The van der Waals surface area contributed by atoms with E-state index >= 15 is 0 Å². The Balaban J connectivity index is 1.30. The third kappa shape index (κ3) is 5.38. The molecule has 1 amide bonds. The zero-order valence-corrected chi connectivity index (χ0v) is 23.6. The maximum atomic E-state index is 13.1. The number of rotatable bonds is 8. The van der Waals surface area contributed by atoms with Gasteiger partial charge in [0, 0.05) is 62.7 Å². The van der Waals surface area contributed by atoms with Crippen LogP contribution < -0.4 is 10.6 Å². The Hall–Kier alpha value is -4.69. The average molecular weight is 546 g/mol. The second-order valence-corrected chi connectivity index (χ2v) is 10.7. The van der Waals surface area contributed by atoms with E-state index in [1.165, 1.54) is 11.3 Å². The molecule has 1 fully saturated rings. The lowest BCUT2D eigenvalue weighted by molar-refractivity contribution is 0.0966. The summed E-state index contributed by atoms with van der Waals surface area (Å²) in [5, 5.41) is 7.44. The summed E-state index contributed by atoms with van der Waals surface area (Å²) in [7, 11) is 2.15. The highest BCUT2D eigenvalue weighted by Crippen LogP contribution is 2.37. The Bertz CT molecular complexity index is 1660. The fourth-order valence-electron chi connectivity index (χ4n) is 5.67. The van der Waals surface area contributed by atoms with Crippen LogP contribution in [-0.4, -0.2) is 65.2 Å². The molecule has 4 heterocycles. The van der Waals surface area contributed by atoms with Gasteiger partial charge in [-0.1, -0.05) is 36.4 Å². The number of benzene rings is 2. The highest BCUT2D eigenvalue weighted by Gasteiger charge is 2.27. The van der Waals surface area contributed by atoms with Crippen LogP contribution in [0.25, 0.3) is 22.2 Å². The Morgan fingerprint density at radius 3 is 2.63 bits per heavy atom. The van der Waals surface area contributed by atoms with Crippen LogP contribution >= 0.6 is 0 Å². The summed E-state index contributed by atoms with van der Waals surface area (Å²) in [4.78, 5) is 26.7. The molecular formula is C33H35N7O. The van der Waals surface area contributed by atoms with Crippen molar-refractivity contribution in [1.29, 1.82) is 0 Å². The lowest BCUT2D eigenvalue weighted by Gasteiger charge is -2.34. The van der Waals surface area contributed by atoms with Gasteiger partial charge in [-0.3, -0.25) is 4.79 Å². The van der Waals surface area contributed by atoms with Crippen LogP contribution in [0, 0.1) is 0 Å². The number of allylic oxidation sites excluding steroid dienone is 3. The first kappa shape index (κ1) is 26.5. The summed E-state index contributed by atoms with van der Waals surface area (Å²) in [6.45, 7) is 11.2. The van der Waals surface area contributed by atoms with Gasteiger partial charge in [-0.05, 0) is 73.3 Å². The molecule has 0 saturated carbocycles. The van der Waals surface area contributed by atoms with Gasteiger partial charge in [0.05, 0.1) is 11.3 Å². The second-order valence-electron chi connectivity index (χ2n) is 10.7. The largest absolute Gasteiger partial charge is 0.372 e. The van der Waals surface area contributed by atoms with Gasteiger partial charge in [0.25, 0.3) is 5.91 Å². The molecule has 2 aliphatic rings. The molecule has 208 valence electrons. The van der Waals surface area contributed by atoms with E-state index in [2.05, 4.69) is 99.4 Å². The molecular weight excluding hydrogens is 510 g/mol. The number of likely N-dealkylation sites (N-methyl/N-ethyl adjacent to an activating group) is 1. The third-order valence-electron chi connectivity index (χ3n) is 8.03. The van der Waals surface area contributed by atoms with E-state index in [1.54, 1.807) is 0 Å². The van der Waals surface area contributed by atoms with Gasteiger partial charge < -0.3 is 25.0 Å². The van der Waals surface area contributed by atoms with Crippen molar-refractivity contribution in [3.8, 4) is 11.1 Å². The number of fused-ring (bicyclic) bond motifs is 2. The summed E-state index contributed by atoms with van der Waals surface area (Å²) < 4.78 is 2.16. The molecule has 0 bridgehead atoms. The molecule has 8 heteroatoms. The number of aromatic nitrogens is 2. The van der Waals surface area contributed by atoms with Crippen LogP contribution in [0.2, 0.25) is 0 Å². The van der Waals surface area contributed by atoms with E-state index < -0.39 is 0 Å². The van der Waals surface area contributed by atoms with E-state index in [0.717, 1.165) is 66.1 Å². The number of amides is 1. The number of anilines is 1. The summed E-state index contributed by atoms with van der Waals surface area (Å²) in [5.41, 5.74) is 7.73. The van der Waals surface area contributed by atoms with Crippen molar-refractivity contribution in [3.05, 3.63) is 107 Å². The molecule has 0 atom stereocenters. The van der Waals surface area contributed by atoms with Crippen LogP contribution in [0.1, 0.15) is 28.4 Å². The molecule has 2 aromatic heterocycles. The fourth-order valence-corrected chi connectivity index (χ4v) is 5.67. The predicted octanol–water partition coefficient (Wildman–Crippen LogP) is 5.10.